The van der Waals surface area contributed by atoms with Gasteiger partial charge in [-0.05, 0) is 96.5 Å². The molecule has 11 rings (SSSR count). The van der Waals surface area contributed by atoms with Gasteiger partial charge in [0.25, 0.3) is 0 Å². The van der Waals surface area contributed by atoms with Crippen LogP contribution in [0, 0.1) is 5.41 Å². The average molecular weight is 778 g/mol. The number of nitrogens with zero attached hydrogens (tertiary/aromatic N) is 2. The average Bonchev–Trinajstić information content (AvgIpc) is 3.66. The molecular formula is C58H39N3. The Kier molecular flexibility index (Phi) is 8.98. The van der Waals surface area contributed by atoms with E-state index >= 15 is 0 Å². The van der Waals surface area contributed by atoms with Gasteiger partial charge in [-0.2, -0.15) is 0 Å². The third kappa shape index (κ3) is 6.41. The normalized spacial score (nSPS) is 12.0. The zero-order valence-corrected chi connectivity index (χ0v) is 33.3. The summed E-state index contributed by atoms with van der Waals surface area (Å²) < 4.78 is 2.35. The lowest BCUT2D eigenvalue weighted by Gasteiger charge is -2.19. The van der Waals surface area contributed by atoms with Crippen molar-refractivity contribution < 1.29 is 0 Å². The van der Waals surface area contributed by atoms with Crippen molar-refractivity contribution >= 4 is 71.7 Å². The number of hydrogen-bond acceptors (Lipinski definition) is 2. The monoisotopic (exact) mass is 777 g/mol. The number of fused-ring (bicyclic) bond motifs is 7. The number of rotatable bonds is 8. The van der Waals surface area contributed by atoms with Crippen LogP contribution in [0.15, 0.2) is 229 Å². The number of para-hydroxylation sites is 2. The highest BCUT2D eigenvalue weighted by atomic mass is 15.0. The second-order valence-corrected chi connectivity index (χ2v) is 15.5. The molecule has 1 N–H and O–H groups in total. The Hall–Kier alpha value is -8.14. The van der Waals surface area contributed by atoms with Crippen molar-refractivity contribution in [2.45, 2.75) is 0 Å². The van der Waals surface area contributed by atoms with Gasteiger partial charge in [-0.1, -0.05) is 188 Å². The molecule has 1 heterocycles. The summed E-state index contributed by atoms with van der Waals surface area (Å²) in [5.41, 5.74) is 11.9. The number of aliphatic imine (C=N–C) groups is 1. The first-order valence-corrected chi connectivity index (χ1v) is 20.7. The van der Waals surface area contributed by atoms with E-state index in [1.165, 1.54) is 38.0 Å². The van der Waals surface area contributed by atoms with Crippen molar-refractivity contribution in [3.8, 4) is 27.9 Å². The largest absolute Gasteiger partial charge is 0.309 e. The maximum absolute atomic E-state index is 9.77. The number of allylic oxidation sites excluding steroid dienone is 1. The van der Waals surface area contributed by atoms with Crippen molar-refractivity contribution in [1.29, 1.82) is 5.41 Å². The fraction of sp³-hybridized carbons (Fsp3) is 0. The Balaban J connectivity index is 1.10. The first-order chi connectivity index (χ1) is 30.2. The molecule has 0 aliphatic rings. The van der Waals surface area contributed by atoms with Crippen molar-refractivity contribution in [2.24, 2.45) is 4.99 Å². The van der Waals surface area contributed by atoms with Gasteiger partial charge < -0.3 is 9.98 Å². The van der Waals surface area contributed by atoms with Crippen molar-refractivity contribution in [1.82, 2.24) is 4.57 Å². The molecule has 0 unspecified atom stereocenters. The maximum Gasteiger partial charge on any atom is 0.0736 e. The smallest absolute Gasteiger partial charge is 0.0736 e. The van der Waals surface area contributed by atoms with Crippen LogP contribution in [-0.2, 0) is 0 Å². The third-order valence-electron chi connectivity index (χ3n) is 11.9. The van der Waals surface area contributed by atoms with Crippen LogP contribution in [0.4, 0.5) is 0 Å². The molecular weight excluding hydrogens is 739 g/mol. The maximum atomic E-state index is 9.77. The van der Waals surface area contributed by atoms with Crippen LogP contribution in [0.3, 0.4) is 0 Å². The first kappa shape index (κ1) is 36.0. The van der Waals surface area contributed by atoms with Gasteiger partial charge in [0.05, 0.1) is 22.4 Å². The van der Waals surface area contributed by atoms with Crippen LogP contribution in [0.2, 0.25) is 0 Å². The second kappa shape index (κ2) is 15.2. The molecule has 0 aliphatic carbocycles. The van der Waals surface area contributed by atoms with E-state index in [0.717, 1.165) is 66.4 Å². The molecule has 0 radical (unpaired) electrons. The van der Waals surface area contributed by atoms with E-state index in [0.29, 0.717) is 5.71 Å². The fourth-order valence-electron chi connectivity index (χ4n) is 9.08. The number of benzene rings is 10. The van der Waals surface area contributed by atoms with Crippen LogP contribution in [0.1, 0.15) is 16.7 Å². The highest BCUT2D eigenvalue weighted by Crippen LogP contribution is 2.45. The molecule has 11 aromatic rings. The van der Waals surface area contributed by atoms with Gasteiger partial charge in [0.2, 0.25) is 0 Å². The van der Waals surface area contributed by atoms with Crippen molar-refractivity contribution in [3.05, 3.63) is 241 Å². The molecule has 0 bridgehead atoms. The zero-order valence-electron chi connectivity index (χ0n) is 33.3. The Labute approximate surface area is 354 Å². The molecule has 3 heteroatoms. The first-order valence-electron chi connectivity index (χ1n) is 20.7. The number of hydrogen-bond donors (Lipinski definition) is 1. The summed E-state index contributed by atoms with van der Waals surface area (Å²) in [7, 11) is 0. The van der Waals surface area contributed by atoms with Gasteiger partial charge in [-0.25, -0.2) is 0 Å². The van der Waals surface area contributed by atoms with Gasteiger partial charge in [-0.15, -0.1) is 0 Å². The summed E-state index contributed by atoms with van der Waals surface area (Å²) in [5, 5.41) is 19.1. The summed E-state index contributed by atoms with van der Waals surface area (Å²) in [4.78, 5) is 5.28. The van der Waals surface area contributed by atoms with Crippen molar-refractivity contribution in [2.75, 3.05) is 0 Å². The lowest BCUT2D eigenvalue weighted by atomic mass is 9.85. The van der Waals surface area contributed by atoms with Crippen LogP contribution >= 0.6 is 0 Å². The third-order valence-corrected chi connectivity index (χ3v) is 11.9. The lowest BCUT2D eigenvalue weighted by Crippen LogP contribution is -1.99. The molecule has 0 spiro atoms. The molecule has 0 saturated carbocycles. The van der Waals surface area contributed by atoms with Gasteiger partial charge in [-0.3, -0.25) is 4.99 Å². The van der Waals surface area contributed by atoms with E-state index in [9.17, 15) is 5.41 Å². The molecule has 0 fully saturated rings. The van der Waals surface area contributed by atoms with E-state index in [-0.39, 0.29) is 0 Å². The highest BCUT2D eigenvalue weighted by molar-refractivity contribution is 6.27. The van der Waals surface area contributed by atoms with E-state index in [1.54, 1.807) is 0 Å². The predicted octanol–water partition coefficient (Wildman–Crippen LogP) is 15.1. The Morgan fingerprint density at radius 1 is 0.443 bits per heavy atom. The molecule has 0 saturated heterocycles. The molecule has 0 atom stereocenters. The SMILES string of the molecule is N=C(/C=C(\N=Cc1ccccc1)c1c2ccccc2c(-c2ccccc2)c2c1ccc1ccccc12)c1cccc(-c2ccc3c4ccccc4n(-c4ccccc4)c3c2)c1. The highest BCUT2D eigenvalue weighted by Gasteiger charge is 2.20. The van der Waals surface area contributed by atoms with E-state index in [2.05, 4.69) is 199 Å². The Morgan fingerprint density at radius 3 is 1.85 bits per heavy atom. The minimum atomic E-state index is 0.381. The van der Waals surface area contributed by atoms with E-state index in [1.807, 2.05) is 36.6 Å². The molecule has 1 aromatic heterocycles. The molecule has 61 heavy (non-hydrogen) atoms. The number of aromatic nitrogens is 1. The van der Waals surface area contributed by atoms with Gasteiger partial charge in [0, 0.05) is 33.8 Å². The molecule has 3 nitrogen and oxygen atoms in total. The summed E-state index contributed by atoms with van der Waals surface area (Å²) in [6.07, 6.45) is 3.87. The summed E-state index contributed by atoms with van der Waals surface area (Å²) in [6, 6.07) is 76.9. The molecule has 0 amide bonds. The molecule has 0 aliphatic heterocycles. The topological polar surface area (TPSA) is 41.1 Å². The van der Waals surface area contributed by atoms with Gasteiger partial charge >= 0.3 is 0 Å². The lowest BCUT2D eigenvalue weighted by molar-refractivity contribution is 1.18. The minimum absolute atomic E-state index is 0.381. The van der Waals surface area contributed by atoms with Crippen LogP contribution in [-0.4, -0.2) is 16.5 Å². The van der Waals surface area contributed by atoms with E-state index < -0.39 is 0 Å². The minimum Gasteiger partial charge on any atom is -0.309 e. The second-order valence-electron chi connectivity index (χ2n) is 15.5. The standard InChI is InChI=1S/C58H39N3/c59-52(44-23-16-22-42(35-44)43-32-33-48-47-27-14-15-30-54(47)61(55(48)36-43)45-24-8-3-9-25-45)37-53(60-38-39-17-4-1-5-18-39)57-50-29-13-12-28-49(50)56(41-20-6-2-7-21-41)58-46-26-11-10-19-40(46)31-34-51(57)58/h1-38,59H/b53-37-,59-52?,60-38?. The van der Waals surface area contributed by atoms with E-state index in [4.69, 9.17) is 4.99 Å². The van der Waals surface area contributed by atoms with Crippen LogP contribution < -0.4 is 0 Å². The number of nitrogens with one attached hydrogen (secondary N) is 1. The zero-order chi connectivity index (χ0) is 40.7. The predicted molar refractivity (Wildman–Crippen MR) is 259 cm³/mol. The Bertz CT molecular complexity index is 3520. The Morgan fingerprint density at radius 2 is 1.05 bits per heavy atom. The molecule has 286 valence electrons. The van der Waals surface area contributed by atoms with Crippen LogP contribution in [0.25, 0.3) is 87.8 Å². The van der Waals surface area contributed by atoms with Gasteiger partial charge in [0.1, 0.15) is 0 Å². The quantitative estimate of drug-likeness (QED) is 0.0907. The molecule has 10 aromatic carbocycles. The summed E-state index contributed by atoms with van der Waals surface area (Å²) in [6.45, 7) is 0. The summed E-state index contributed by atoms with van der Waals surface area (Å²) in [5.74, 6) is 0. The summed E-state index contributed by atoms with van der Waals surface area (Å²) >= 11 is 0. The van der Waals surface area contributed by atoms with Crippen molar-refractivity contribution in [3.63, 3.8) is 0 Å². The fourth-order valence-corrected chi connectivity index (χ4v) is 9.08. The van der Waals surface area contributed by atoms with Gasteiger partial charge in [0.15, 0.2) is 0 Å². The van der Waals surface area contributed by atoms with Crippen LogP contribution in [0.5, 0.6) is 0 Å².